The molecule has 0 aliphatic carbocycles. The first-order valence-electron chi connectivity index (χ1n) is 4.69. The Balaban J connectivity index is 3.10. The topological polar surface area (TPSA) is 55.1 Å². The van der Waals surface area contributed by atoms with E-state index in [2.05, 4.69) is 18.9 Å². The SMILES string of the molecule is Cc1nn(CC(=O)O)c(C)c1C(C)C. The quantitative estimate of drug-likeness (QED) is 0.800. The largest absolute Gasteiger partial charge is 0.480 e. The van der Waals surface area contributed by atoms with Crippen molar-refractivity contribution in [1.29, 1.82) is 0 Å². The molecule has 0 atom stereocenters. The molecule has 1 heterocycles. The Labute approximate surface area is 83.5 Å². The number of hydrogen-bond acceptors (Lipinski definition) is 2. The van der Waals surface area contributed by atoms with Crippen molar-refractivity contribution in [1.82, 2.24) is 9.78 Å². The Morgan fingerprint density at radius 2 is 2.07 bits per heavy atom. The summed E-state index contributed by atoms with van der Waals surface area (Å²) < 4.78 is 1.55. The lowest BCUT2D eigenvalue weighted by molar-refractivity contribution is -0.137. The maximum absolute atomic E-state index is 10.6. The van der Waals surface area contributed by atoms with Crippen LogP contribution >= 0.6 is 0 Å². The van der Waals surface area contributed by atoms with Crippen LogP contribution in [0.15, 0.2) is 0 Å². The van der Waals surface area contributed by atoms with E-state index < -0.39 is 5.97 Å². The molecule has 0 fully saturated rings. The van der Waals surface area contributed by atoms with Crippen molar-refractivity contribution < 1.29 is 9.90 Å². The van der Waals surface area contributed by atoms with Crippen LogP contribution < -0.4 is 0 Å². The molecule has 14 heavy (non-hydrogen) atoms. The Kier molecular flexibility index (Phi) is 2.93. The number of rotatable bonds is 3. The molecule has 4 nitrogen and oxygen atoms in total. The summed E-state index contributed by atoms with van der Waals surface area (Å²) in [7, 11) is 0. The second kappa shape index (κ2) is 3.82. The molecule has 4 heteroatoms. The van der Waals surface area contributed by atoms with Gasteiger partial charge in [0.1, 0.15) is 6.54 Å². The fourth-order valence-corrected chi connectivity index (χ4v) is 1.83. The number of aryl methyl sites for hydroxylation is 1. The molecule has 0 spiro atoms. The Hall–Kier alpha value is -1.32. The third kappa shape index (κ3) is 1.95. The molecule has 1 aromatic rings. The van der Waals surface area contributed by atoms with E-state index in [-0.39, 0.29) is 6.54 Å². The van der Waals surface area contributed by atoms with Crippen molar-refractivity contribution in [2.45, 2.75) is 40.2 Å². The van der Waals surface area contributed by atoms with Gasteiger partial charge in [0.15, 0.2) is 0 Å². The van der Waals surface area contributed by atoms with Gasteiger partial charge in [-0.15, -0.1) is 0 Å². The van der Waals surface area contributed by atoms with Gasteiger partial charge in [0.2, 0.25) is 0 Å². The van der Waals surface area contributed by atoms with E-state index in [0.29, 0.717) is 5.92 Å². The summed E-state index contributed by atoms with van der Waals surface area (Å²) in [6, 6.07) is 0. The second-order valence-corrected chi connectivity index (χ2v) is 3.79. The lowest BCUT2D eigenvalue weighted by atomic mass is 10.0. The van der Waals surface area contributed by atoms with Gasteiger partial charge in [-0.05, 0) is 25.3 Å². The highest BCUT2D eigenvalue weighted by molar-refractivity contribution is 5.66. The predicted molar refractivity (Wildman–Crippen MR) is 53.4 cm³/mol. The Morgan fingerprint density at radius 3 is 2.43 bits per heavy atom. The highest BCUT2D eigenvalue weighted by Gasteiger charge is 2.15. The molecule has 0 saturated heterocycles. The number of hydrogen-bond donors (Lipinski definition) is 1. The van der Waals surface area contributed by atoms with Gasteiger partial charge in [-0.1, -0.05) is 13.8 Å². The van der Waals surface area contributed by atoms with Crippen LogP contribution in [0.3, 0.4) is 0 Å². The highest BCUT2D eigenvalue weighted by atomic mass is 16.4. The molecule has 0 aliphatic heterocycles. The lowest BCUT2D eigenvalue weighted by Gasteiger charge is -2.05. The molecular formula is C10H16N2O2. The van der Waals surface area contributed by atoms with Gasteiger partial charge in [-0.3, -0.25) is 9.48 Å². The summed E-state index contributed by atoms with van der Waals surface area (Å²) in [6.07, 6.45) is 0. The van der Waals surface area contributed by atoms with E-state index >= 15 is 0 Å². The van der Waals surface area contributed by atoms with E-state index in [1.54, 1.807) is 4.68 Å². The molecule has 78 valence electrons. The van der Waals surface area contributed by atoms with Crippen LogP contribution in [0.4, 0.5) is 0 Å². The minimum atomic E-state index is -0.856. The first kappa shape index (κ1) is 10.8. The fourth-order valence-electron chi connectivity index (χ4n) is 1.83. The van der Waals surface area contributed by atoms with Gasteiger partial charge >= 0.3 is 5.97 Å². The average Bonchev–Trinajstić information content (AvgIpc) is 2.25. The van der Waals surface area contributed by atoms with E-state index in [1.807, 2.05) is 13.8 Å². The molecule has 0 aromatic carbocycles. The molecule has 0 saturated carbocycles. The van der Waals surface area contributed by atoms with Crippen LogP contribution in [0, 0.1) is 13.8 Å². The Bertz CT molecular complexity index is 353. The summed E-state index contributed by atoms with van der Waals surface area (Å²) in [4.78, 5) is 10.6. The molecule has 0 aliphatic rings. The van der Waals surface area contributed by atoms with Crippen LogP contribution in [-0.2, 0) is 11.3 Å². The van der Waals surface area contributed by atoms with E-state index in [4.69, 9.17) is 5.11 Å². The molecular weight excluding hydrogens is 180 g/mol. The van der Waals surface area contributed by atoms with Gasteiger partial charge in [0.25, 0.3) is 0 Å². The predicted octanol–water partition coefficient (Wildman–Crippen LogP) is 1.71. The monoisotopic (exact) mass is 196 g/mol. The van der Waals surface area contributed by atoms with Crippen molar-refractivity contribution in [2.75, 3.05) is 0 Å². The van der Waals surface area contributed by atoms with Crippen LogP contribution in [0.2, 0.25) is 0 Å². The minimum absolute atomic E-state index is 0.0562. The first-order chi connectivity index (χ1) is 6.43. The Morgan fingerprint density at radius 1 is 1.50 bits per heavy atom. The lowest BCUT2D eigenvalue weighted by Crippen LogP contribution is -2.11. The number of carboxylic acid groups (broad SMARTS) is 1. The van der Waals surface area contributed by atoms with Crippen molar-refractivity contribution in [3.05, 3.63) is 17.0 Å². The number of aromatic nitrogens is 2. The zero-order chi connectivity index (χ0) is 10.9. The number of aliphatic carboxylic acids is 1. The van der Waals surface area contributed by atoms with Crippen LogP contribution in [0.1, 0.15) is 36.7 Å². The summed E-state index contributed by atoms with van der Waals surface area (Å²) in [5.74, 6) is -0.469. The van der Waals surface area contributed by atoms with E-state index in [9.17, 15) is 4.79 Å². The van der Waals surface area contributed by atoms with Gasteiger partial charge < -0.3 is 5.11 Å². The van der Waals surface area contributed by atoms with Crippen molar-refractivity contribution in [3.63, 3.8) is 0 Å². The average molecular weight is 196 g/mol. The smallest absolute Gasteiger partial charge is 0.325 e. The normalized spacial score (nSPS) is 10.9. The van der Waals surface area contributed by atoms with E-state index in [0.717, 1.165) is 17.0 Å². The molecule has 1 aromatic heterocycles. The highest BCUT2D eigenvalue weighted by Crippen LogP contribution is 2.22. The maximum atomic E-state index is 10.6. The van der Waals surface area contributed by atoms with Crippen molar-refractivity contribution >= 4 is 5.97 Å². The van der Waals surface area contributed by atoms with Gasteiger partial charge in [0.05, 0.1) is 5.69 Å². The first-order valence-corrected chi connectivity index (χ1v) is 4.69. The number of carboxylic acids is 1. The van der Waals surface area contributed by atoms with Crippen LogP contribution in [0.5, 0.6) is 0 Å². The summed E-state index contributed by atoms with van der Waals surface area (Å²) in [6.45, 7) is 7.95. The summed E-state index contributed by atoms with van der Waals surface area (Å²) in [5, 5.41) is 12.9. The van der Waals surface area contributed by atoms with Gasteiger partial charge in [-0.25, -0.2) is 0 Å². The third-order valence-electron chi connectivity index (χ3n) is 2.30. The fraction of sp³-hybridized carbons (Fsp3) is 0.600. The van der Waals surface area contributed by atoms with Crippen LogP contribution in [0.25, 0.3) is 0 Å². The third-order valence-corrected chi connectivity index (χ3v) is 2.30. The number of carbonyl (C=O) groups is 1. The zero-order valence-electron chi connectivity index (χ0n) is 9.03. The molecule has 1 N–H and O–H groups in total. The van der Waals surface area contributed by atoms with Crippen molar-refractivity contribution in [3.8, 4) is 0 Å². The summed E-state index contributed by atoms with van der Waals surface area (Å²) in [5.41, 5.74) is 3.05. The van der Waals surface area contributed by atoms with E-state index in [1.165, 1.54) is 0 Å². The molecule has 0 radical (unpaired) electrons. The molecule has 0 bridgehead atoms. The molecule has 0 amide bonds. The standard InChI is InChI=1S/C10H16N2O2/c1-6(2)10-7(3)11-12(8(10)4)5-9(13)14/h6H,5H2,1-4H3,(H,13,14). The summed E-state index contributed by atoms with van der Waals surface area (Å²) >= 11 is 0. The number of nitrogens with zero attached hydrogens (tertiary/aromatic N) is 2. The molecule has 1 rings (SSSR count). The second-order valence-electron chi connectivity index (χ2n) is 3.79. The minimum Gasteiger partial charge on any atom is -0.480 e. The van der Waals surface area contributed by atoms with Gasteiger partial charge in [-0.2, -0.15) is 5.10 Å². The van der Waals surface area contributed by atoms with Gasteiger partial charge in [0, 0.05) is 5.69 Å². The van der Waals surface area contributed by atoms with Crippen molar-refractivity contribution in [2.24, 2.45) is 0 Å². The zero-order valence-corrected chi connectivity index (χ0v) is 9.03. The molecule has 0 unspecified atom stereocenters. The maximum Gasteiger partial charge on any atom is 0.325 e. The van der Waals surface area contributed by atoms with Crippen LogP contribution in [-0.4, -0.2) is 20.9 Å².